The highest BCUT2D eigenvalue weighted by Crippen LogP contribution is 2.17. The Morgan fingerprint density at radius 2 is 2.10 bits per heavy atom. The lowest BCUT2D eigenvalue weighted by atomic mass is 10.6. The Labute approximate surface area is 78.9 Å². The van der Waals surface area contributed by atoms with E-state index >= 15 is 0 Å². The number of rotatable bonds is 4. The summed E-state index contributed by atoms with van der Waals surface area (Å²) >= 11 is 7.78. The molecule has 0 rings (SSSR count). The van der Waals surface area contributed by atoms with Gasteiger partial charge in [0.25, 0.3) is 0 Å². The van der Waals surface area contributed by atoms with Gasteiger partial charge in [-0.1, -0.05) is 23.4 Å². The summed E-state index contributed by atoms with van der Waals surface area (Å²) in [7, 11) is 0.210. The number of thiol groups is 1. The van der Waals surface area contributed by atoms with Gasteiger partial charge in [0.15, 0.2) is 0 Å². The third kappa shape index (κ3) is 7.12. The van der Waals surface area contributed by atoms with Gasteiger partial charge < -0.3 is 4.43 Å². The van der Waals surface area contributed by atoms with Crippen LogP contribution in [0.15, 0.2) is 0 Å². The fourth-order valence-electron chi connectivity index (χ4n) is 0.497. The van der Waals surface area contributed by atoms with Crippen LogP contribution in [0.25, 0.3) is 0 Å². The molecule has 0 saturated carbocycles. The predicted molar refractivity (Wildman–Crippen MR) is 57.6 cm³/mol. The number of hydrogen-bond acceptors (Lipinski definition) is 2. The lowest BCUT2D eigenvalue weighted by Crippen LogP contribution is -2.25. The first-order valence-electron chi connectivity index (χ1n) is 2.96. The van der Waals surface area contributed by atoms with Gasteiger partial charge in [-0.2, -0.15) is 12.1 Å². The van der Waals surface area contributed by atoms with Crippen molar-refractivity contribution in [1.29, 1.82) is 0 Å². The van der Waals surface area contributed by atoms with Gasteiger partial charge in [-0.15, -0.1) is 0 Å². The van der Waals surface area contributed by atoms with Gasteiger partial charge in [-0.25, -0.2) is 0 Å². The molecule has 0 radical (unpaired) electrons. The zero-order valence-corrected chi connectivity index (χ0v) is 9.34. The summed E-state index contributed by atoms with van der Waals surface area (Å²) in [4.78, 5) is 0. The maximum atomic E-state index is 5.22. The molecule has 0 heterocycles. The van der Waals surface area contributed by atoms with E-state index in [1.54, 1.807) is 7.11 Å². The van der Waals surface area contributed by atoms with Crippen molar-refractivity contribution < 1.29 is 4.43 Å². The van der Waals surface area contributed by atoms with E-state index in [1.165, 1.54) is 6.42 Å². The van der Waals surface area contributed by atoms with Crippen LogP contribution in [0.5, 0.6) is 0 Å². The van der Waals surface area contributed by atoms with Crippen molar-refractivity contribution in [3.8, 4) is 0 Å². The molecule has 0 N–H and O–H groups in total. The molecule has 0 aliphatic rings. The van der Waals surface area contributed by atoms with E-state index in [4.69, 9.17) is 4.43 Å². The average Bonchev–Trinajstić information content (AvgIpc) is 1.84. The van der Waals surface area contributed by atoms with Crippen LogP contribution >= 0.6 is 28.0 Å². The van der Waals surface area contributed by atoms with Crippen LogP contribution in [0.3, 0.4) is 0 Å². The highest BCUT2D eigenvalue weighted by Gasteiger charge is 2.20. The molecule has 0 saturated heterocycles. The molecule has 0 bridgehead atoms. The van der Waals surface area contributed by atoms with Crippen LogP contribution in [0.1, 0.15) is 13.8 Å². The summed E-state index contributed by atoms with van der Waals surface area (Å²) in [5.74, 6) is 0. The van der Waals surface area contributed by atoms with Crippen molar-refractivity contribution in [2.75, 3.05) is 12.4 Å². The molecule has 4 heteroatoms. The Bertz CT molecular complexity index is 80.1. The van der Waals surface area contributed by atoms with Crippen LogP contribution in [-0.2, 0) is 4.43 Å². The summed E-state index contributed by atoms with van der Waals surface area (Å²) in [5.41, 5.74) is 0. The van der Waals surface area contributed by atoms with E-state index in [2.05, 4.69) is 34.6 Å². The maximum Gasteiger partial charge on any atom is 0.247 e. The van der Waals surface area contributed by atoms with Crippen molar-refractivity contribution in [1.82, 2.24) is 0 Å². The Kier molecular flexibility index (Phi) is 9.10. The molecule has 0 amide bonds. The molecular formula is C6H17BrOSSi. The Morgan fingerprint density at radius 1 is 1.60 bits per heavy atom. The SMILES string of the molecule is C.CO[Si](C)(S)CCCBr. The van der Waals surface area contributed by atoms with Crippen molar-refractivity contribution in [2.24, 2.45) is 0 Å². The molecule has 0 spiro atoms. The third-order valence-corrected chi connectivity index (χ3v) is 5.15. The van der Waals surface area contributed by atoms with E-state index in [1.807, 2.05) is 0 Å². The standard InChI is InChI=1S/C5H13BrOSSi.CH4/c1-7-9(2,8)5-3-4-6;/h8H,3-5H2,1-2H3;1H4. The number of halogens is 1. The fraction of sp³-hybridized carbons (Fsp3) is 1.00. The molecule has 0 aromatic carbocycles. The molecule has 0 aliphatic carbocycles. The van der Waals surface area contributed by atoms with Gasteiger partial charge in [0.05, 0.1) is 0 Å². The lowest BCUT2D eigenvalue weighted by Gasteiger charge is -2.16. The second-order valence-electron chi connectivity index (χ2n) is 2.17. The van der Waals surface area contributed by atoms with E-state index < -0.39 is 7.47 Å². The summed E-state index contributed by atoms with van der Waals surface area (Å²) in [6, 6.07) is 1.12. The minimum absolute atomic E-state index is 0. The van der Waals surface area contributed by atoms with Gasteiger partial charge in [0, 0.05) is 12.4 Å². The molecule has 1 atom stereocenters. The quantitative estimate of drug-likeness (QED) is 0.455. The first-order chi connectivity index (χ1) is 4.12. The average molecular weight is 245 g/mol. The molecule has 1 nitrogen and oxygen atoms in total. The normalized spacial score (nSPS) is 15.6. The Morgan fingerprint density at radius 3 is 2.40 bits per heavy atom. The van der Waals surface area contributed by atoms with Crippen molar-refractivity contribution in [3.63, 3.8) is 0 Å². The van der Waals surface area contributed by atoms with Crippen molar-refractivity contribution in [3.05, 3.63) is 0 Å². The number of hydrogen-bond donors (Lipinski definition) is 1. The minimum atomic E-state index is -1.53. The molecule has 0 aromatic rings. The van der Waals surface area contributed by atoms with Gasteiger partial charge in [0.1, 0.15) is 0 Å². The van der Waals surface area contributed by atoms with Gasteiger partial charge in [-0.05, 0) is 19.0 Å². The largest absolute Gasteiger partial charge is 0.410 e. The van der Waals surface area contributed by atoms with Gasteiger partial charge >= 0.3 is 0 Å². The number of alkyl halides is 1. The smallest absolute Gasteiger partial charge is 0.247 e. The summed E-state index contributed by atoms with van der Waals surface area (Å²) in [6.07, 6.45) is 1.17. The van der Waals surface area contributed by atoms with E-state index in [9.17, 15) is 0 Å². The zero-order chi connectivity index (χ0) is 7.33. The van der Waals surface area contributed by atoms with E-state index in [0.29, 0.717) is 0 Å². The van der Waals surface area contributed by atoms with Gasteiger partial charge in [-0.3, -0.25) is 0 Å². The zero-order valence-electron chi connectivity index (χ0n) is 5.85. The van der Waals surface area contributed by atoms with Crippen LogP contribution < -0.4 is 0 Å². The first kappa shape index (κ1) is 13.6. The Balaban J connectivity index is 0. The summed E-state index contributed by atoms with van der Waals surface area (Å²) in [5, 5.41) is 1.06. The van der Waals surface area contributed by atoms with Gasteiger partial charge in [0.2, 0.25) is 7.47 Å². The minimum Gasteiger partial charge on any atom is -0.410 e. The second-order valence-corrected chi connectivity index (χ2v) is 9.06. The molecule has 64 valence electrons. The van der Waals surface area contributed by atoms with Crippen LogP contribution in [0.2, 0.25) is 12.6 Å². The summed E-state index contributed by atoms with van der Waals surface area (Å²) in [6.45, 7) is 2.11. The molecule has 0 aromatic heterocycles. The lowest BCUT2D eigenvalue weighted by molar-refractivity contribution is 0.417. The topological polar surface area (TPSA) is 9.23 Å². The molecule has 10 heavy (non-hydrogen) atoms. The second kappa shape index (κ2) is 6.70. The summed E-state index contributed by atoms with van der Waals surface area (Å²) < 4.78 is 5.22. The fourth-order valence-corrected chi connectivity index (χ4v) is 2.81. The van der Waals surface area contributed by atoms with Crippen LogP contribution in [0, 0.1) is 0 Å². The molecular weight excluding hydrogens is 228 g/mol. The highest BCUT2D eigenvalue weighted by molar-refractivity contribution is 9.09. The first-order valence-corrected chi connectivity index (χ1v) is 7.98. The van der Waals surface area contributed by atoms with E-state index in [-0.39, 0.29) is 7.43 Å². The van der Waals surface area contributed by atoms with Crippen LogP contribution in [-0.4, -0.2) is 19.9 Å². The molecule has 0 aliphatic heterocycles. The van der Waals surface area contributed by atoms with Crippen molar-refractivity contribution in [2.45, 2.75) is 26.4 Å². The van der Waals surface area contributed by atoms with Crippen LogP contribution in [0.4, 0.5) is 0 Å². The predicted octanol–water partition coefficient (Wildman–Crippen LogP) is 3.06. The molecule has 0 fully saturated rings. The monoisotopic (exact) mass is 244 g/mol. The van der Waals surface area contributed by atoms with Crippen molar-refractivity contribution >= 4 is 35.5 Å². The Hall–Kier alpha value is 1.01. The third-order valence-electron chi connectivity index (χ3n) is 1.21. The molecule has 1 unspecified atom stereocenters. The maximum absolute atomic E-state index is 5.22. The van der Waals surface area contributed by atoms with E-state index in [0.717, 1.165) is 11.4 Å². The highest BCUT2D eigenvalue weighted by atomic mass is 79.9.